The van der Waals surface area contributed by atoms with Gasteiger partial charge in [-0.1, -0.05) is 29.8 Å². The summed E-state index contributed by atoms with van der Waals surface area (Å²) in [7, 11) is 0. The summed E-state index contributed by atoms with van der Waals surface area (Å²) < 4.78 is 1.17. The minimum Gasteiger partial charge on any atom is -0.477 e. The Morgan fingerprint density at radius 3 is 2.75 bits per heavy atom. The second-order valence-corrected chi connectivity index (χ2v) is 4.54. The third kappa shape index (κ3) is 1.96. The van der Waals surface area contributed by atoms with Crippen molar-refractivity contribution in [1.29, 1.82) is 0 Å². The number of aromatic amines is 1. The van der Waals surface area contributed by atoms with Crippen LogP contribution in [0, 0.1) is 0 Å². The fourth-order valence-electron chi connectivity index (χ4n) is 1.92. The van der Waals surface area contributed by atoms with Crippen LogP contribution < -0.4 is 5.56 Å². The van der Waals surface area contributed by atoms with Gasteiger partial charge in [0.25, 0.3) is 5.56 Å². The van der Waals surface area contributed by atoms with Crippen molar-refractivity contribution in [2.45, 2.75) is 0 Å². The maximum Gasteiger partial charge on any atom is 0.354 e. The monoisotopic (exact) mass is 289 g/mol. The molecule has 100 valence electrons. The lowest BCUT2D eigenvalue weighted by Gasteiger charge is -1.99. The van der Waals surface area contributed by atoms with E-state index in [1.807, 2.05) is 6.07 Å². The summed E-state index contributed by atoms with van der Waals surface area (Å²) in [5, 5.41) is 12.3. The third-order valence-electron chi connectivity index (χ3n) is 2.83. The molecule has 0 atom stereocenters. The van der Waals surface area contributed by atoms with Gasteiger partial charge < -0.3 is 5.11 Å². The number of fused-ring (bicyclic) bond motifs is 1. The largest absolute Gasteiger partial charge is 0.477 e. The maximum absolute atomic E-state index is 11.8. The minimum atomic E-state index is -1.25. The Balaban J connectivity index is 2.26. The molecule has 2 N–H and O–H groups in total. The lowest BCUT2D eigenvalue weighted by Crippen LogP contribution is -2.17. The Kier molecular flexibility index (Phi) is 2.80. The molecule has 0 saturated heterocycles. The van der Waals surface area contributed by atoms with E-state index in [2.05, 4.69) is 10.1 Å². The Morgan fingerprint density at radius 1 is 1.30 bits per heavy atom. The first-order chi connectivity index (χ1) is 9.56. The van der Waals surface area contributed by atoms with E-state index in [-0.39, 0.29) is 11.3 Å². The minimum absolute atomic E-state index is 0.227. The van der Waals surface area contributed by atoms with Gasteiger partial charge in [-0.15, -0.1) is 0 Å². The predicted molar refractivity (Wildman–Crippen MR) is 73.2 cm³/mol. The van der Waals surface area contributed by atoms with Crippen molar-refractivity contribution in [2.75, 3.05) is 0 Å². The van der Waals surface area contributed by atoms with Crippen LogP contribution >= 0.6 is 11.6 Å². The molecule has 0 amide bonds. The number of aromatic nitrogens is 3. The van der Waals surface area contributed by atoms with Crippen LogP contribution in [0.3, 0.4) is 0 Å². The first-order valence-electron chi connectivity index (χ1n) is 5.67. The van der Waals surface area contributed by atoms with Gasteiger partial charge in [-0.05, 0) is 6.07 Å². The van der Waals surface area contributed by atoms with Crippen LogP contribution in [-0.4, -0.2) is 25.7 Å². The lowest BCUT2D eigenvalue weighted by molar-refractivity contribution is 0.0690. The quantitative estimate of drug-likeness (QED) is 0.756. The molecule has 0 bridgehead atoms. The smallest absolute Gasteiger partial charge is 0.354 e. The zero-order valence-corrected chi connectivity index (χ0v) is 10.8. The molecule has 3 rings (SSSR count). The van der Waals surface area contributed by atoms with Gasteiger partial charge in [0, 0.05) is 22.7 Å². The molecule has 7 heteroatoms. The van der Waals surface area contributed by atoms with Crippen molar-refractivity contribution in [2.24, 2.45) is 0 Å². The summed E-state index contributed by atoms with van der Waals surface area (Å²) in [5.41, 5.74) is 0.730. The number of benzene rings is 1. The molecule has 0 radical (unpaired) electrons. The van der Waals surface area contributed by atoms with E-state index in [0.29, 0.717) is 16.3 Å². The second-order valence-electron chi connectivity index (χ2n) is 4.13. The molecule has 3 aromatic rings. The molecule has 0 fully saturated rings. The molecule has 0 aliphatic heterocycles. The Bertz CT molecular complexity index is 882. The van der Waals surface area contributed by atoms with Gasteiger partial charge in [0.2, 0.25) is 0 Å². The number of H-pyrrole nitrogens is 1. The number of carboxylic acid groups (broad SMARTS) is 1. The van der Waals surface area contributed by atoms with Crippen molar-refractivity contribution in [1.82, 2.24) is 14.6 Å². The number of carbonyl (C=O) groups is 1. The van der Waals surface area contributed by atoms with Crippen molar-refractivity contribution in [3.05, 3.63) is 57.5 Å². The van der Waals surface area contributed by atoms with Gasteiger partial charge >= 0.3 is 5.97 Å². The van der Waals surface area contributed by atoms with Crippen LogP contribution in [0.1, 0.15) is 10.5 Å². The van der Waals surface area contributed by atoms with Crippen LogP contribution in [-0.2, 0) is 0 Å². The van der Waals surface area contributed by atoms with E-state index in [1.165, 1.54) is 4.52 Å². The van der Waals surface area contributed by atoms with Gasteiger partial charge in [-0.3, -0.25) is 9.89 Å². The van der Waals surface area contributed by atoms with E-state index in [1.54, 1.807) is 24.3 Å². The highest BCUT2D eigenvalue weighted by Crippen LogP contribution is 2.26. The predicted octanol–water partition coefficient (Wildman–Crippen LogP) is 2.04. The van der Waals surface area contributed by atoms with E-state index in [0.717, 1.165) is 6.07 Å². The summed E-state index contributed by atoms with van der Waals surface area (Å²) in [6.07, 6.45) is 0. The SMILES string of the molecule is O=C(O)c1cc(=O)n2[nH]c(-c3ccccc3Cl)cc2n1. The summed E-state index contributed by atoms with van der Waals surface area (Å²) in [5.74, 6) is -1.25. The highest BCUT2D eigenvalue weighted by Gasteiger charge is 2.12. The number of aromatic carboxylic acids is 1. The van der Waals surface area contributed by atoms with Crippen molar-refractivity contribution in [3.63, 3.8) is 0 Å². The number of rotatable bonds is 2. The highest BCUT2D eigenvalue weighted by molar-refractivity contribution is 6.33. The van der Waals surface area contributed by atoms with Gasteiger partial charge in [0.1, 0.15) is 0 Å². The summed E-state index contributed by atoms with van der Waals surface area (Å²) in [4.78, 5) is 26.6. The topological polar surface area (TPSA) is 87.5 Å². The van der Waals surface area contributed by atoms with Crippen LogP contribution in [0.4, 0.5) is 0 Å². The number of hydrogen-bond acceptors (Lipinski definition) is 3. The molecule has 1 aromatic carbocycles. The van der Waals surface area contributed by atoms with E-state index < -0.39 is 11.5 Å². The average Bonchev–Trinajstić information content (AvgIpc) is 2.83. The van der Waals surface area contributed by atoms with Crippen LogP contribution in [0.5, 0.6) is 0 Å². The first kappa shape index (κ1) is 12.4. The summed E-state index contributed by atoms with van der Waals surface area (Å²) in [6, 6.07) is 9.65. The molecule has 2 aromatic heterocycles. The number of carboxylic acids is 1. The first-order valence-corrected chi connectivity index (χ1v) is 6.05. The number of nitrogens with one attached hydrogen (secondary N) is 1. The average molecular weight is 290 g/mol. The normalized spacial score (nSPS) is 10.8. The summed E-state index contributed by atoms with van der Waals surface area (Å²) in [6.45, 7) is 0. The molecule has 0 aliphatic rings. The molecule has 20 heavy (non-hydrogen) atoms. The molecule has 0 spiro atoms. The third-order valence-corrected chi connectivity index (χ3v) is 3.16. The summed E-state index contributed by atoms with van der Waals surface area (Å²) >= 11 is 6.09. The van der Waals surface area contributed by atoms with Gasteiger partial charge in [-0.2, -0.15) is 0 Å². The van der Waals surface area contributed by atoms with Crippen molar-refractivity contribution in [3.8, 4) is 11.3 Å². The fraction of sp³-hybridized carbons (Fsp3) is 0. The van der Waals surface area contributed by atoms with Crippen LogP contribution in [0.2, 0.25) is 5.02 Å². The second kappa shape index (κ2) is 4.50. The van der Waals surface area contributed by atoms with Gasteiger partial charge in [0.15, 0.2) is 11.3 Å². The van der Waals surface area contributed by atoms with E-state index in [4.69, 9.17) is 16.7 Å². The number of nitrogens with zero attached hydrogens (tertiary/aromatic N) is 2. The van der Waals surface area contributed by atoms with Gasteiger partial charge in [0.05, 0.1) is 5.69 Å². The molecule has 6 nitrogen and oxygen atoms in total. The Hall–Kier alpha value is -2.60. The van der Waals surface area contributed by atoms with Crippen molar-refractivity contribution < 1.29 is 9.90 Å². The zero-order valence-electron chi connectivity index (χ0n) is 10.0. The Labute approximate surface area is 117 Å². The highest BCUT2D eigenvalue weighted by atomic mass is 35.5. The fourth-order valence-corrected chi connectivity index (χ4v) is 2.16. The number of hydrogen-bond donors (Lipinski definition) is 2. The zero-order chi connectivity index (χ0) is 14.3. The van der Waals surface area contributed by atoms with Crippen molar-refractivity contribution >= 4 is 23.2 Å². The molecule has 2 heterocycles. The van der Waals surface area contributed by atoms with Crippen LogP contribution in [0.25, 0.3) is 16.9 Å². The molecule has 0 aliphatic carbocycles. The molecular formula is C13H8ClN3O3. The number of halogens is 1. The van der Waals surface area contributed by atoms with E-state index >= 15 is 0 Å². The molecule has 0 unspecified atom stereocenters. The molecule has 0 saturated carbocycles. The Morgan fingerprint density at radius 2 is 2.05 bits per heavy atom. The lowest BCUT2D eigenvalue weighted by atomic mass is 10.1. The maximum atomic E-state index is 11.8. The molecular weight excluding hydrogens is 282 g/mol. The van der Waals surface area contributed by atoms with Gasteiger partial charge in [-0.25, -0.2) is 14.3 Å². The van der Waals surface area contributed by atoms with E-state index in [9.17, 15) is 9.59 Å². The van der Waals surface area contributed by atoms with Crippen LogP contribution in [0.15, 0.2) is 41.2 Å². The standard InChI is InChI=1S/C13H8ClN3O3/c14-8-4-2-1-3-7(8)9-5-11-15-10(13(19)20)6-12(18)17(11)16-9/h1-6,16H,(H,19,20).